The number of hydrogen-bond donors (Lipinski definition) is 2. The highest BCUT2D eigenvalue weighted by atomic mass is 16.5. The molecule has 1 aliphatic rings. The third-order valence-corrected chi connectivity index (χ3v) is 4.12. The van der Waals surface area contributed by atoms with Crippen molar-refractivity contribution in [3.05, 3.63) is 29.8 Å². The van der Waals surface area contributed by atoms with Gasteiger partial charge in [0, 0.05) is 25.6 Å². The van der Waals surface area contributed by atoms with Gasteiger partial charge in [0.05, 0.1) is 13.5 Å². The molecule has 1 saturated carbocycles. The van der Waals surface area contributed by atoms with Crippen molar-refractivity contribution in [3.8, 4) is 5.75 Å². The first-order valence-corrected chi connectivity index (χ1v) is 7.32. The zero-order valence-electron chi connectivity index (χ0n) is 13.0. The summed E-state index contributed by atoms with van der Waals surface area (Å²) in [6, 6.07) is 7.67. The van der Waals surface area contributed by atoms with Gasteiger partial charge in [0.15, 0.2) is 0 Å². The van der Waals surface area contributed by atoms with Gasteiger partial charge >= 0.3 is 12.0 Å². The van der Waals surface area contributed by atoms with Crippen molar-refractivity contribution in [2.24, 2.45) is 0 Å². The summed E-state index contributed by atoms with van der Waals surface area (Å²) in [5.74, 6) is -0.0941. The van der Waals surface area contributed by atoms with Crippen LogP contribution < -0.4 is 10.1 Å². The summed E-state index contributed by atoms with van der Waals surface area (Å²) in [6.45, 7) is 0.754. The van der Waals surface area contributed by atoms with Crippen LogP contribution in [0.25, 0.3) is 0 Å². The maximum absolute atomic E-state index is 12.0. The number of methoxy groups -OCH3 is 1. The molecule has 1 aliphatic carbocycles. The lowest BCUT2D eigenvalue weighted by atomic mass is 9.96. The summed E-state index contributed by atoms with van der Waals surface area (Å²) in [7, 11) is 3.24. The fourth-order valence-electron chi connectivity index (χ4n) is 2.42. The second-order valence-corrected chi connectivity index (χ2v) is 5.74. The SMILES string of the molecule is COc1cccc(C2(CNC(=O)N(C)CCC(=O)O)CC2)c1. The average Bonchev–Trinajstić information content (AvgIpc) is 3.31. The van der Waals surface area contributed by atoms with E-state index in [1.165, 1.54) is 10.5 Å². The molecule has 0 aliphatic heterocycles. The van der Waals surface area contributed by atoms with E-state index in [-0.39, 0.29) is 24.4 Å². The number of nitrogens with one attached hydrogen (secondary N) is 1. The molecule has 22 heavy (non-hydrogen) atoms. The summed E-state index contributed by atoms with van der Waals surface area (Å²) in [4.78, 5) is 23.9. The maximum atomic E-state index is 12.0. The molecule has 120 valence electrons. The molecule has 2 N–H and O–H groups in total. The Bertz CT molecular complexity index is 555. The minimum Gasteiger partial charge on any atom is -0.497 e. The van der Waals surface area contributed by atoms with Gasteiger partial charge in [0.1, 0.15) is 5.75 Å². The minimum absolute atomic E-state index is 0.0160. The van der Waals surface area contributed by atoms with Crippen LogP contribution in [0.4, 0.5) is 4.79 Å². The standard InChI is InChI=1S/C16H22N2O4/c1-18(9-6-14(19)20)15(21)17-11-16(7-8-16)12-4-3-5-13(10-12)22-2/h3-5,10H,6-9,11H2,1-2H3,(H,17,21)(H,19,20). The number of amides is 2. The molecule has 0 radical (unpaired) electrons. The van der Waals surface area contributed by atoms with E-state index in [1.54, 1.807) is 14.2 Å². The van der Waals surface area contributed by atoms with Crippen LogP contribution in [0.15, 0.2) is 24.3 Å². The lowest BCUT2D eigenvalue weighted by Crippen LogP contribution is -2.41. The number of carboxylic acid groups (broad SMARTS) is 1. The van der Waals surface area contributed by atoms with Gasteiger partial charge in [-0.2, -0.15) is 0 Å². The molecule has 0 saturated heterocycles. The summed E-state index contributed by atoms with van der Waals surface area (Å²) < 4.78 is 5.24. The molecular formula is C16H22N2O4. The number of nitrogens with zero attached hydrogens (tertiary/aromatic N) is 1. The molecule has 0 aromatic heterocycles. The molecule has 1 fully saturated rings. The lowest BCUT2D eigenvalue weighted by Gasteiger charge is -2.21. The Morgan fingerprint density at radius 1 is 1.41 bits per heavy atom. The van der Waals surface area contributed by atoms with Gasteiger partial charge in [0.25, 0.3) is 0 Å². The third kappa shape index (κ3) is 3.90. The first-order valence-electron chi connectivity index (χ1n) is 7.32. The van der Waals surface area contributed by atoms with E-state index in [0.29, 0.717) is 6.54 Å². The summed E-state index contributed by atoms with van der Waals surface area (Å²) in [5, 5.41) is 11.5. The molecule has 6 nitrogen and oxygen atoms in total. The quantitative estimate of drug-likeness (QED) is 0.805. The van der Waals surface area contributed by atoms with Crippen LogP contribution in [0.1, 0.15) is 24.8 Å². The number of carbonyl (C=O) groups is 2. The highest BCUT2D eigenvalue weighted by Gasteiger charge is 2.44. The molecule has 0 atom stereocenters. The van der Waals surface area contributed by atoms with Crippen molar-refractivity contribution < 1.29 is 19.4 Å². The first-order chi connectivity index (χ1) is 10.5. The number of ether oxygens (including phenoxy) is 1. The van der Waals surface area contributed by atoms with Crippen LogP contribution in [0, 0.1) is 0 Å². The molecular weight excluding hydrogens is 284 g/mol. The van der Waals surface area contributed by atoms with Crippen molar-refractivity contribution in [2.45, 2.75) is 24.7 Å². The Kier molecular flexibility index (Phi) is 4.90. The molecule has 1 aromatic carbocycles. The highest BCUT2D eigenvalue weighted by molar-refractivity contribution is 5.75. The molecule has 0 heterocycles. The molecule has 6 heteroatoms. The largest absolute Gasteiger partial charge is 0.497 e. The number of carboxylic acids is 1. The molecule has 0 unspecified atom stereocenters. The van der Waals surface area contributed by atoms with Gasteiger partial charge < -0.3 is 20.1 Å². The van der Waals surface area contributed by atoms with Crippen molar-refractivity contribution in [1.29, 1.82) is 0 Å². The predicted octanol–water partition coefficient (Wildman–Crippen LogP) is 1.84. The molecule has 0 spiro atoms. The Morgan fingerprint density at radius 2 is 2.14 bits per heavy atom. The zero-order chi connectivity index (χ0) is 16.2. The predicted molar refractivity (Wildman–Crippen MR) is 82.2 cm³/mol. The Hall–Kier alpha value is -2.24. The topological polar surface area (TPSA) is 78.9 Å². The fraction of sp³-hybridized carbons (Fsp3) is 0.500. The van der Waals surface area contributed by atoms with E-state index >= 15 is 0 Å². The Morgan fingerprint density at radius 3 is 2.73 bits per heavy atom. The first kappa shape index (κ1) is 16.1. The molecule has 0 bridgehead atoms. The number of rotatable bonds is 7. The maximum Gasteiger partial charge on any atom is 0.317 e. The van der Waals surface area contributed by atoms with Crippen LogP contribution in [-0.2, 0) is 10.2 Å². The van der Waals surface area contributed by atoms with Gasteiger partial charge in [-0.25, -0.2) is 4.79 Å². The smallest absolute Gasteiger partial charge is 0.317 e. The Balaban J connectivity index is 1.90. The number of aliphatic carboxylic acids is 1. The monoisotopic (exact) mass is 306 g/mol. The summed E-state index contributed by atoms with van der Waals surface area (Å²) >= 11 is 0. The summed E-state index contributed by atoms with van der Waals surface area (Å²) in [5.41, 5.74) is 1.15. The van der Waals surface area contributed by atoms with Gasteiger partial charge in [-0.05, 0) is 30.5 Å². The normalized spacial score (nSPS) is 15.0. The van der Waals surface area contributed by atoms with Gasteiger partial charge in [-0.3, -0.25) is 4.79 Å². The minimum atomic E-state index is -0.908. The van der Waals surface area contributed by atoms with Gasteiger partial charge in [-0.15, -0.1) is 0 Å². The molecule has 2 amide bonds. The van der Waals surface area contributed by atoms with Crippen LogP contribution in [-0.4, -0.2) is 49.3 Å². The van der Waals surface area contributed by atoms with E-state index < -0.39 is 5.97 Å². The highest BCUT2D eigenvalue weighted by Crippen LogP contribution is 2.48. The second kappa shape index (κ2) is 6.68. The van der Waals surface area contributed by atoms with E-state index in [1.807, 2.05) is 18.2 Å². The number of urea groups is 1. The van der Waals surface area contributed by atoms with Crippen LogP contribution in [0.3, 0.4) is 0 Å². The molecule has 2 rings (SSSR count). The van der Waals surface area contributed by atoms with E-state index in [4.69, 9.17) is 9.84 Å². The van der Waals surface area contributed by atoms with Crippen molar-refractivity contribution in [1.82, 2.24) is 10.2 Å². The van der Waals surface area contributed by atoms with Crippen LogP contribution >= 0.6 is 0 Å². The lowest BCUT2D eigenvalue weighted by molar-refractivity contribution is -0.137. The van der Waals surface area contributed by atoms with Gasteiger partial charge in [0.2, 0.25) is 0 Å². The summed E-state index contributed by atoms with van der Waals surface area (Å²) in [6.07, 6.45) is 2.00. The van der Waals surface area contributed by atoms with Crippen molar-refractivity contribution in [3.63, 3.8) is 0 Å². The van der Waals surface area contributed by atoms with E-state index in [0.717, 1.165) is 18.6 Å². The van der Waals surface area contributed by atoms with E-state index in [2.05, 4.69) is 11.4 Å². The van der Waals surface area contributed by atoms with Gasteiger partial charge in [-0.1, -0.05) is 12.1 Å². The average molecular weight is 306 g/mol. The number of benzene rings is 1. The van der Waals surface area contributed by atoms with Crippen LogP contribution in [0.5, 0.6) is 5.75 Å². The number of carbonyl (C=O) groups excluding carboxylic acids is 1. The van der Waals surface area contributed by atoms with E-state index in [9.17, 15) is 9.59 Å². The second-order valence-electron chi connectivity index (χ2n) is 5.74. The zero-order valence-corrected chi connectivity index (χ0v) is 13.0. The third-order valence-electron chi connectivity index (χ3n) is 4.12. The van der Waals surface area contributed by atoms with Crippen molar-refractivity contribution in [2.75, 3.05) is 27.2 Å². The van der Waals surface area contributed by atoms with Crippen molar-refractivity contribution >= 4 is 12.0 Å². The number of hydrogen-bond acceptors (Lipinski definition) is 3. The fourth-order valence-corrected chi connectivity index (χ4v) is 2.42. The molecule has 1 aromatic rings. The van der Waals surface area contributed by atoms with Crippen LogP contribution in [0.2, 0.25) is 0 Å². The Labute approximate surface area is 130 Å².